The summed E-state index contributed by atoms with van der Waals surface area (Å²) in [4.78, 5) is 0. The van der Waals surface area contributed by atoms with Gasteiger partial charge in [-0.1, -0.05) is 108 Å². The Bertz CT molecular complexity index is 446. The molecule has 0 spiro atoms. The Morgan fingerprint density at radius 3 is 1.73 bits per heavy atom. The Morgan fingerprint density at radius 1 is 0.692 bits per heavy atom. The van der Waals surface area contributed by atoms with Gasteiger partial charge in [0.05, 0.1) is 27.2 Å². The van der Waals surface area contributed by atoms with Gasteiger partial charge in [-0.3, -0.25) is 0 Å². The fourth-order valence-electron chi connectivity index (χ4n) is 3.51. The number of quaternary nitrogens is 1. The molecule has 0 amide bonds. The van der Waals surface area contributed by atoms with E-state index in [1.807, 2.05) is 0 Å². The lowest BCUT2D eigenvalue weighted by atomic mass is 10.1. The summed E-state index contributed by atoms with van der Waals surface area (Å²) in [5.74, 6) is 0. The fourth-order valence-corrected chi connectivity index (χ4v) is 3.51. The molecule has 0 N–H and O–H groups in total. The van der Waals surface area contributed by atoms with Gasteiger partial charge in [0.2, 0.25) is 0 Å². The van der Waals surface area contributed by atoms with E-state index in [-0.39, 0.29) is 0 Å². The average Bonchev–Trinajstić information content (AvgIpc) is 2.63. The first-order chi connectivity index (χ1) is 12.6. The van der Waals surface area contributed by atoms with Gasteiger partial charge in [0.15, 0.2) is 0 Å². The minimum atomic E-state index is 1.10. The van der Waals surface area contributed by atoms with Crippen molar-refractivity contribution in [3.05, 3.63) is 42.0 Å². The number of unbranched alkanes of at least 4 members (excludes halogenated alkanes) is 11. The molecule has 148 valence electrons. The Morgan fingerprint density at radius 2 is 1.19 bits per heavy atom. The molecule has 1 aromatic rings. The van der Waals surface area contributed by atoms with Gasteiger partial charge in [0.25, 0.3) is 0 Å². The second-order valence-corrected chi connectivity index (χ2v) is 8.54. The molecule has 26 heavy (non-hydrogen) atoms. The lowest BCUT2D eigenvalue weighted by Gasteiger charge is -2.28. The van der Waals surface area contributed by atoms with Crippen LogP contribution in [0, 0.1) is 0 Å². The lowest BCUT2D eigenvalue weighted by Crippen LogP contribution is -2.40. The molecule has 0 fully saturated rings. The van der Waals surface area contributed by atoms with Crippen LogP contribution in [0.15, 0.2) is 36.4 Å². The highest BCUT2D eigenvalue weighted by Gasteiger charge is 2.11. The SMILES string of the molecule is CCCCCCCCCCCCCC[N+](C)(C)C/C=C\c1ccccc1. The highest BCUT2D eigenvalue weighted by atomic mass is 15.3. The molecule has 0 bridgehead atoms. The third-order valence-electron chi connectivity index (χ3n) is 5.33. The van der Waals surface area contributed by atoms with Crippen molar-refractivity contribution in [2.45, 2.75) is 84.0 Å². The van der Waals surface area contributed by atoms with Crippen molar-refractivity contribution < 1.29 is 4.48 Å². The van der Waals surface area contributed by atoms with Crippen LogP contribution in [-0.4, -0.2) is 31.7 Å². The van der Waals surface area contributed by atoms with Crippen LogP contribution in [-0.2, 0) is 0 Å². The van der Waals surface area contributed by atoms with Gasteiger partial charge < -0.3 is 4.48 Å². The number of likely N-dealkylation sites (N-methyl/N-ethyl adjacent to an activating group) is 1. The monoisotopic (exact) mass is 358 g/mol. The Balaban J connectivity index is 1.95. The summed E-state index contributed by atoms with van der Waals surface area (Å²) in [5, 5.41) is 0. The van der Waals surface area contributed by atoms with Crippen molar-refractivity contribution >= 4 is 6.08 Å². The zero-order valence-electron chi connectivity index (χ0n) is 17.9. The van der Waals surface area contributed by atoms with Gasteiger partial charge in [0, 0.05) is 0 Å². The van der Waals surface area contributed by atoms with Crippen LogP contribution in [0.3, 0.4) is 0 Å². The van der Waals surface area contributed by atoms with Gasteiger partial charge in [-0.15, -0.1) is 0 Å². The van der Waals surface area contributed by atoms with Crippen molar-refractivity contribution in [1.29, 1.82) is 0 Å². The van der Waals surface area contributed by atoms with Crippen LogP contribution < -0.4 is 0 Å². The van der Waals surface area contributed by atoms with E-state index in [4.69, 9.17) is 0 Å². The molecule has 0 aliphatic rings. The third kappa shape index (κ3) is 13.2. The first-order valence-corrected chi connectivity index (χ1v) is 11.2. The first-order valence-electron chi connectivity index (χ1n) is 11.2. The number of nitrogens with zero attached hydrogens (tertiary/aromatic N) is 1. The molecular weight excluding hydrogens is 314 g/mol. The molecule has 0 aliphatic heterocycles. The van der Waals surface area contributed by atoms with Gasteiger partial charge in [-0.25, -0.2) is 0 Å². The summed E-state index contributed by atoms with van der Waals surface area (Å²) in [7, 11) is 4.71. The van der Waals surface area contributed by atoms with E-state index in [1.165, 1.54) is 89.2 Å². The summed E-state index contributed by atoms with van der Waals surface area (Å²) >= 11 is 0. The third-order valence-corrected chi connectivity index (χ3v) is 5.33. The molecule has 0 aromatic heterocycles. The average molecular weight is 359 g/mol. The zero-order chi connectivity index (χ0) is 18.9. The van der Waals surface area contributed by atoms with Crippen LogP contribution in [0.5, 0.6) is 0 Å². The standard InChI is InChI=1S/C25H44N/c1-4-5-6-7-8-9-10-11-12-13-14-18-23-26(2,3)24-19-22-25-20-16-15-17-21-25/h15-17,19-22H,4-14,18,23-24H2,1-3H3/q+1/b22-19-. The number of hydrogen-bond donors (Lipinski definition) is 0. The minimum absolute atomic E-state index is 1.10. The predicted molar refractivity (Wildman–Crippen MR) is 118 cm³/mol. The van der Waals surface area contributed by atoms with Crippen molar-refractivity contribution in [2.75, 3.05) is 27.2 Å². The Kier molecular flexibility index (Phi) is 13.3. The molecule has 0 saturated carbocycles. The van der Waals surface area contributed by atoms with E-state index in [9.17, 15) is 0 Å². The van der Waals surface area contributed by atoms with Crippen LogP contribution in [0.2, 0.25) is 0 Å². The van der Waals surface area contributed by atoms with Crippen LogP contribution in [0.25, 0.3) is 6.08 Å². The second kappa shape index (κ2) is 15.0. The summed E-state index contributed by atoms with van der Waals surface area (Å²) in [6.07, 6.45) is 21.7. The van der Waals surface area contributed by atoms with E-state index in [2.05, 4.69) is 63.5 Å². The maximum absolute atomic E-state index is 2.36. The summed E-state index contributed by atoms with van der Waals surface area (Å²) in [6.45, 7) is 4.70. The first kappa shape index (κ1) is 23.0. The largest absolute Gasteiger partial charge is 0.325 e. The summed E-state index contributed by atoms with van der Waals surface area (Å²) in [5.41, 5.74) is 1.30. The molecule has 1 rings (SSSR count). The van der Waals surface area contributed by atoms with Crippen LogP contribution >= 0.6 is 0 Å². The normalized spacial score (nSPS) is 12.1. The molecule has 0 atom stereocenters. The molecular formula is C25H44N+. The molecule has 0 aliphatic carbocycles. The van der Waals surface area contributed by atoms with E-state index >= 15 is 0 Å². The molecule has 1 nitrogen and oxygen atoms in total. The molecule has 0 radical (unpaired) electrons. The number of hydrogen-bond acceptors (Lipinski definition) is 0. The van der Waals surface area contributed by atoms with Crippen molar-refractivity contribution in [2.24, 2.45) is 0 Å². The van der Waals surface area contributed by atoms with E-state index < -0.39 is 0 Å². The molecule has 0 saturated heterocycles. The van der Waals surface area contributed by atoms with Gasteiger partial charge in [-0.05, 0) is 24.5 Å². The van der Waals surface area contributed by atoms with E-state index in [0.29, 0.717) is 0 Å². The van der Waals surface area contributed by atoms with E-state index in [0.717, 1.165) is 11.0 Å². The van der Waals surface area contributed by atoms with Gasteiger partial charge in [-0.2, -0.15) is 0 Å². The van der Waals surface area contributed by atoms with Gasteiger partial charge in [0.1, 0.15) is 0 Å². The highest BCUT2D eigenvalue weighted by Crippen LogP contribution is 2.13. The maximum Gasteiger partial charge on any atom is 0.0972 e. The van der Waals surface area contributed by atoms with E-state index in [1.54, 1.807) is 0 Å². The summed E-state index contributed by atoms with van der Waals surface area (Å²) in [6, 6.07) is 10.6. The van der Waals surface area contributed by atoms with Crippen LogP contribution in [0.1, 0.15) is 89.5 Å². The summed E-state index contributed by atoms with van der Waals surface area (Å²) < 4.78 is 1.10. The molecule has 1 heteroatoms. The smallest absolute Gasteiger partial charge is 0.0972 e. The van der Waals surface area contributed by atoms with Crippen molar-refractivity contribution in [1.82, 2.24) is 0 Å². The lowest BCUT2D eigenvalue weighted by molar-refractivity contribution is -0.884. The Labute approximate surface area is 164 Å². The van der Waals surface area contributed by atoms with Crippen molar-refractivity contribution in [3.63, 3.8) is 0 Å². The Hall–Kier alpha value is -1.08. The second-order valence-electron chi connectivity index (χ2n) is 8.54. The number of benzene rings is 1. The topological polar surface area (TPSA) is 0 Å². The quantitative estimate of drug-likeness (QED) is 0.212. The fraction of sp³-hybridized carbons (Fsp3) is 0.680. The molecule has 0 unspecified atom stereocenters. The molecule has 1 aromatic carbocycles. The van der Waals surface area contributed by atoms with Crippen molar-refractivity contribution in [3.8, 4) is 0 Å². The molecule has 0 heterocycles. The predicted octanol–water partition coefficient (Wildman–Crippen LogP) is 7.48. The van der Waals surface area contributed by atoms with Gasteiger partial charge >= 0.3 is 0 Å². The highest BCUT2D eigenvalue weighted by molar-refractivity contribution is 5.48. The minimum Gasteiger partial charge on any atom is -0.325 e. The number of rotatable bonds is 16. The zero-order valence-corrected chi connectivity index (χ0v) is 17.9. The van der Waals surface area contributed by atoms with Crippen LogP contribution in [0.4, 0.5) is 0 Å². The maximum atomic E-state index is 2.36.